The number of amides is 2. The summed E-state index contributed by atoms with van der Waals surface area (Å²) in [6, 6.07) is 17.6. The van der Waals surface area contributed by atoms with Crippen LogP contribution in [0.1, 0.15) is 0 Å². The number of anilines is 2. The summed E-state index contributed by atoms with van der Waals surface area (Å²) < 4.78 is 5.21. The molecule has 0 aliphatic carbocycles. The van der Waals surface area contributed by atoms with Gasteiger partial charge < -0.3 is 19.9 Å². The fourth-order valence-corrected chi connectivity index (χ4v) is 3.36. The summed E-state index contributed by atoms with van der Waals surface area (Å²) >= 11 is 0. The fourth-order valence-electron chi connectivity index (χ4n) is 3.36. The molecule has 6 heteroatoms. The average molecular weight is 362 g/mol. The van der Waals surface area contributed by atoms with Crippen LogP contribution in [0, 0.1) is 0 Å². The molecular formula is C21H22N4O2. The van der Waals surface area contributed by atoms with Crippen LogP contribution in [0.3, 0.4) is 0 Å². The Kier molecular flexibility index (Phi) is 4.78. The molecule has 1 aliphatic heterocycles. The third kappa shape index (κ3) is 3.65. The van der Waals surface area contributed by atoms with E-state index in [-0.39, 0.29) is 6.03 Å². The van der Waals surface area contributed by atoms with Gasteiger partial charge in [0.05, 0.1) is 18.3 Å². The standard InChI is InChI=1S/C21H22N4O2/c1-27-18-9-7-17(8-10-18)24-12-14-25(15-13-24)21(26)23-19-6-2-4-16-5-3-11-22-20(16)19/h2-11H,12-15H2,1H3,(H,23,26). The number of rotatable bonds is 3. The number of para-hydroxylation sites is 1. The van der Waals surface area contributed by atoms with Gasteiger partial charge in [0.2, 0.25) is 0 Å². The van der Waals surface area contributed by atoms with Crippen LogP contribution in [0.5, 0.6) is 5.75 Å². The lowest BCUT2D eigenvalue weighted by Gasteiger charge is -2.36. The van der Waals surface area contributed by atoms with E-state index in [0.29, 0.717) is 13.1 Å². The maximum Gasteiger partial charge on any atom is 0.322 e. The molecule has 0 bridgehead atoms. The van der Waals surface area contributed by atoms with Crippen molar-refractivity contribution in [2.24, 2.45) is 0 Å². The SMILES string of the molecule is COc1ccc(N2CCN(C(=O)Nc3cccc4cccnc34)CC2)cc1. The number of hydrogen-bond acceptors (Lipinski definition) is 4. The van der Waals surface area contributed by atoms with E-state index in [2.05, 4.69) is 27.3 Å². The van der Waals surface area contributed by atoms with E-state index < -0.39 is 0 Å². The molecule has 2 amide bonds. The molecule has 0 radical (unpaired) electrons. The predicted octanol–water partition coefficient (Wildman–Crippen LogP) is 3.60. The van der Waals surface area contributed by atoms with Crippen molar-refractivity contribution in [2.45, 2.75) is 0 Å². The van der Waals surface area contributed by atoms with Crippen molar-refractivity contribution in [3.63, 3.8) is 0 Å². The van der Waals surface area contributed by atoms with E-state index in [1.54, 1.807) is 13.3 Å². The van der Waals surface area contributed by atoms with E-state index in [4.69, 9.17) is 4.74 Å². The molecule has 2 aromatic carbocycles. The number of carbonyl (C=O) groups excluding carboxylic acids is 1. The molecule has 0 spiro atoms. The number of benzene rings is 2. The Hall–Kier alpha value is -3.28. The Morgan fingerprint density at radius 2 is 1.74 bits per heavy atom. The average Bonchev–Trinajstić information content (AvgIpc) is 2.74. The Morgan fingerprint density at radius 3 is 2.48 bits per heavy atom. The van der Waals surface area contributed by atoms with Crippen LogP contribution in [0.25, 0.3) is 10.9 Å². The van der Waals surface area contributed by atoms with Crippen LogP contribution < -0.4 is 15.0 Å². The van der Waals surface area contributed by atoms with Crippen LogP contribution in [0.2, 0.25) is 0 Å². The van der Waals surface area contributed by atoms with Crippen LogP contribution in [0.4, 0.5) is 16.2 Å². The summed E-state index contributed by atoms with van der Waals surface area (Å²) in [6.45, 7) is 2.95. The highest BCUT2D eigenvalue weighted by atomic mass is 16.5. The van der Waals surface area contributed by atoms with Crippen molar-refractivity contribution < 1.29 is 9.53 Å². The predicted molar refractivity (Wildman–Crippen MR) is 108 cm³/mol. The number of carbonyl (C=O) groups is 1. The summed E-state index contributed by atoms with van der Waals surface area (Å²) in [6.07, 6.45) is 1.74. The summed E-state index contributed by atoms with van der Waals surface area (Å²) in [5, 5.41) is 4.03. The zero-order chi connectivity index (χ0) is 18.6. The van der Waals surface area contributed by atoms with E-state index in [1.807, 2.05) is 47.4 Å². The number of methoxy groups -OCH3 is 1. The van der Waals surface area contributed by atoms with Gasteiger partial charge in [-0.15, -0.1) is 0 Å². The molecule has 1 saturated heterocycles. The highest BCUT2D eigenvalue weighted by molar-refractivity contribution is 5.99. The van der Waals surface area contributed by atoms with Crippen molar-refractivity contribution in [1.29, 1.82) is 0 Å². The molecule has 6 nitrogen and oxygen atoms in total. The Labute approximate surface area is 158 Å². The minimum atomic E-state index is -0.0810. The van der Waals surface area contributed by atoms with Crippen molar-refractivity contribution in [2.75, 3.05) is 43.5 Å². The molecule has 27 heavy (non-hydrogen) atoms. The highest BCUT2D eigenvalue weighted by Gasteiger charge is 2.22. The number of piperazine rings is 1. The van der Waals surface area contributed by atoms with Gasteiger partial charge in [-0.1, -0.05) is 18.2 Å². The third-order valence-corrected chi connectivity index (χ3v) is 4.88. The van der Waals surface area contributed by atoms with Crippen molar-refractivity contribution in [1.82, 2.24) is 9.88 Å². The number of nitrogens with zero attached hydrogens (tertiary/aromatic N) is 3. The first-order valence-corrected chi connectivity index (χ1v) is 9.03. The molecular weight excluding hydrogens is 340 g/mol. The lowest BCUT2D eigenvalue weighted by atomic mass is 10.2. The van der Waals surface area contributed by atoms with Crippen molar-refractivity contribution in [3.8, 4) is 5.75 Å². The topological polar surface area (TPSA) is 57.7 Å². The van der Waals surface area contributed by atoms with Crippen LogP contribution in [-0.2, 0) is 0 Å². The van der Waals surface area contributed by atoms with Crippen LogP contribution >= 0.6 is 0 Å². The van der Waals surface area contributed by atoms with Crippen LogP contribution in [-0.4, -0.2) is 49.2 Å². The van der Waals surface area contributed by atoms with Crippen molar-refractivity contribution in [3.05, 3.63) is 60.8 Å². The molecule has 2 heterocycles. The van der Waals surface area contributed by atoms with Gasteiger partial charge in [-0.25, -0.2) is 4.79 Å². The van der Waals surface area contributed by atoms with Gasteiger partial charge in [0.15, 0.2) is 0 Å². The molecule has 1 N–H and O–H groups in total. The van der Waals surface area contributed by atoms with Gasteiger partial charge in [-0.3, -0.25) is 4.98 Å². The van der Waals surface area contributed by atoms with E-state index in [1.165, 1.54) is 0 Å². The second-order valence-electron chi connectivity index (χ2n) is 6.48. The van der Waals surface area contributed by atoms with Crippen molar-refractivity contribution >= 4 is 28.3 Å². The first kappa shape index (κ1) is 17.1. The Morgan fingerprint density at radius 1 is 1.00 bits per heavy atom. The minimum Gasteiger partial charge on any atom is -0.497 e. The lowest BCUT2D eigenvalue weighted by molar-refractivity contribution is 0.208. The third-order valence-electron chi connectivity index (χ3n) is 4.88. The summed E-state index contributed by atoms with van der Waals surface area (Å²) in [7, 11) is 1.66. The highest BCUT2D eigenvalue weighted by Crippen LogP contribution is 2.23. The van der Waals surface area contributed by atoms with Gasteiger partial charge in [0, 0.05) is 43.4 Å². The molecule has 4 rings (SSSR count). The Balaban J connectivity index is 1.39. The van der Waals surface area contributed by atoms with E-state index >= 15 is 0 Å². The zero-order valence-electron chi connectivity index (χ0n) is 15.3. The van der Waals surface area contributed by atoms with Gasteiger partial charge in [-0.05, 0) is 36.4 Å². The van der Waals surface area contributed by atoms with Gasteiger partial charge in [-0.2, -0.15) is 0 Å². The first-order chi connectivity index (χ1) is 13.2. The minimum absolute atomic E-state index is 0.0810. The molecule has 1 aliphatic rings. The van der Waals surface area contributed by atoms with Crippen LogP contribution in [0.15, 0.2) is 60.8 Å². The molecule has 1 fully saturated rings. The second kappa shape index (κ2) is 7.53. The monoisotopic (exact) mass is 362 g/mol. The molecule has 3 aromatic rings. The maximum absolute atomic E-state index is 12.7. The number of pyridine rings is 1. The first-order valence-electron chi connectivity index (χ1n) is 9.03. The number of hydrogen-bond donors (Lipinski definition) is 1. The van der Waals surface area contributed by atoms with Gasteiger partial charge in [0.1, 0.15) is 5.75 Å². The molecule has 0 unspecified atom stereocenters. The number of ether oxygens (including phenoxy) is 1. The molecule has 0 atom stereocenters. The molecule has 0 saturated carbocycles. The summed E-state index contributed by atoms with van der Waals surface area (Å²) in [4.78, 5) is 21.2. The Bertz CT molecular complexity index is 929. The van der Waals surface area contributed by atoms with Gasteiger partial charge in [0.25, 0.3) is 0 Å². The summed E-state index contributed by atoms with van der Waals surface area (Å²) in [5.41, 5.74) is 2.70. The van der Waals surface area contributed by atoms with Gasteiger partial charge >= 0.3 is 6.03 Å². The molecule has 1 aromatic heterocycles. The lowest BCUT2D eigenvalue weighted by Crippen LogP contribution is -2.50. The van der Waals surface area contributed by atoms with E-state index in [0.717, 1.165) is 41.1 Å². The molecule has 138 valence electrons. The fraction of sp³-hybridized carbons (Fsp3) is 0.238. The number of nitrogens with one attached hydrogen (secondary N) is 1. The second-order valence-corrected chi connectivity index (χ2v) is 6.48. The maximum atomic E-state index is 12.7. The summed E-state index contributed by atoms with van der Waals surface area (Å²) in [5.74, 6) is 0.848. The quantitative estimate of drug-likeness (QED) is 0.773. The normalized spacial score (nSPS) is 14.3. The van der Waals surface area contributed by atoms with E-state index in [9.17, 15) is 4.79 Å². The zero-order valence-corrected chi connectivity index (χ0v) is 15.3. The smallest absolute Gasteiger partial charge is 0.322 e. The largest absolute Gasteiger partial charge is 0.497 e. The number of aromatic nitrogens is 1. The number of fused-ring (bicyclic) bond motifs is 1. The number of urea groups is 1.